The van der Waals surface area contributed by atoms with Crippen molar-refractivity contribution < 1.29 is 4.79 Å². The van der Waals surface area contributed by atoms with E-state index in [9.17, 15) is 4.79 Å². The number of hydrogen-bond donors (Lipinski definition) is 2. The Morgan fingerprint density at radius 1 is 1.67 bits per heavy atom. The van der Waals surface area contributed by atoms with Crippen molar-refractivity contribution in [1.82, 2.24) is 0 Å². The predicted octanol–water partition coefficient (Wildman–Crippen LogP) is 1.50. The van der Waals surface area contributed by atoms with Crippen LogP contribution in [-0.2, 0) is 4.79 Å². The van der Waals surface area contributed by atoms with Crippen LogP contribution in [0, 0.1) is 11.3 Å². The Morgan fingerprint density at radius 2 is 2.33 bits per heavy atom. The van der Waals surface area contributed by atoms with E-state index in [0.717, 1.165) is 0 Å². The Morgan fingerprint density at radius 3 is 2.87 bits per heavy atom. The van der Waals surface area contributed by atoms with Gasteiger partial charge in [0.1, 0.15) is 0 Å². The van der Waals surface area contributed by atoms with Crippen molar-refractivity contribution in [2.75, 3.05) is 5.32 Å². The van der Waals surface area contributed by atoms with E-state index in [0.29, 0.717) is 16.3 Å². The fraction of sp³-hybridized carbons (Fsp3) is 0.200. The van der Waals surface area contributed by atoms with Crippen molar-refractivity contribution in [2.24, 2.45) is 5.73 Å². The quantitative estimate of drug-likeness (QED) is 0.798. The van der Waals surface area contributed by atoms with E-state index >= 15 is 0 Å². The third kappa shape index (κ3) is 2.94. The van der Waals surface area contributed by atoms with Crippen molar-refractivity contribution >= 4 is 23.2 Å². The largest absolute Gasteiger partial charge is 0.323 e. The van der Waals surface area contributed by atoms with Crippen molar-refractivity contribution in [1.29, 1.82) is 5.26 Å². The maximum atomic E-state index is 11.3. The first-order valence-corrected chi connectivity index (χ1v) is 4.68. The van der Waals surface area contributed by atoms with Gasteiger partial charge in [-0.05, 0) is 25.1 Å². The van der Waals surface area contributed by atoms with Crippen LogP contribution in [-0.4, -0.2) is 11.9 Å². The van der Waals surface area contributed by atoms with Gasteiger partial charge in [-0.2, -0.15) is 5.26 Å². The lowest BCUT2D eigenvalue weighted by Crippen LogP contribution is -2.32. The molecule has 1 unspecified atom stereocenters. The molecule has 0 fully saturated rings. The normalized spacial score (nSPS) is 11.6. The Labute approximate surface area is 92.6 Å². The molecule has 0 saturated carbocycles. The molecule has 0 aromatic heterocycles. The highest BCUT2D eigenvalue weighted by Gasteiger charge is 2.10. The molecule has 5 heteroatoms. The van der Waals surface area contributed by atoms with Gasteiger partial charge >= 0.3 is 0 Å². The van der Waals surface area contributed by atoms with Gasteiger partial charge in [-0.15, -0.1) is 0 Å². The number of benzene rings is 1. The van der Waals surface area contributed by atoms with Gasteiger partial charge in [-0.1, -0.05) is 11.6 Å². The third-order valence-corrected chi connectivity index (χ3v) is 2.10. The molecule has 0 aliphatic carbocycles. The Hall–Kier alpha value is -1.57. The fourth-order valence-corrected chi connectivity index (χ4v) is 1.10. The Kier molecular flexibility index (Phi) is 3.67. The minimum Gasteiger partial charge on any atom is -0.323 e. The summed E-state index contributed by atoms with van der Waals surface area (Å²) in [6.07, 6.45) is 0. The minimum atomic E-state index is -0.619. The van der Waals surface area contributed by atoms with Crippen LogP contribution in [0.15, 0.2) is 18.2 Å². The monoisotopic (exact) mass is 223 g/mol. The van der Waals surface area contributed by atoms with Crippen LogP contribution in [0.3, 0.4) is 0 Å². The number of halogens is 1. The summed E-state index contributed by atoms with van der Waals surface area (Å²) < 4.78 is 0. The second kappa shape index (κ2) is 4.78. The Bertz CT molecular complexity index is 423. The molecule has 0 saturated heterocycles. The van der Waals surface area contributed by atoms with Crippen LogP contribution in [0.25, 0.3) is 0 Å². The van der Waals surface area contributed by atoms with E-state index in [-0.39, 0.29) is 5.91 Å². The van der Waals surface area contributed by atoms with Crippen LogP contribution < -0.4 is 11.1 Å². The standard InChI is InChI=1S/C10H10ClN3O/c1-6(13)10(15)14-9-4-7(5-12)2-3-8(9)11/h2-4,6H,13H2,1H3,(H,14,15). The van der Waals surface area contributed by atoms with Crippen LogP contribution in [0.1, 0.15) is 12.5 Å². The highest BCUT2D eigenvalue weighted by molar-refractivity contribution is 6.33. The number of anilines is 1. The minimum absolute atomic E-state index is 0.341. The Balaban J connectivity index is 2.94. The highest BCUT2D eigenvalue weighted by atomic mass is 35.5. The second-order valence-corrected chi connectivity index (χ2v) is 3.49. The first-order valence-electron chi connectivity index (χ1n) is 4.30. The first-order chi connectivity index (χ1) is 7.04. The molecule has 0 radical (unpaired) electrons. The van der Waals surface area contributed by atoms with Crippen molar-refractivity contribution in [3.05, 3.63) is 28.8 Å². The predicted molar refractivity (Wildman–Crippen MR) is 58.4 cm³/mol. The summed E-state index contributed by atoms with van der Waals surface area (Å²) in [5.74, 6) is -0.341. The molecular weight excluding hydrogens is 214 g/mol. The van der Waals surface area contributed by atoms with Crippen molar-refractivity contribution in [2.45, 2.75) is 13.0 Å². The van der Waals surface area contributed by atoms with E-state index in [4.69, 9.17) is 22.6 Å². The lowest BCUT2D eigenvalue weighted by molar-refractivity contribution is -0.117. The third-order valence-electron chi connectivity index (χ3n) is 1.77. The molecule has 1 aromatic rings. The zero-order valence-electron chi connectivity index (χ0n) is 8.12. The molecule has 1 rings (SSSR count). The summed E-state index contributed by atoms with van der Waals surface area (Å²) >= 11 is 5.84. The lowest BCUT2D eigenvalue weighted by atomic mass is 10.2. The number of nitrogens with one attached hydrogen (secondary N) is 1. The molecule has 0 spiro atoms. The molecule has 15 heavy (non-hydrogen) atoms. The van der Waals surface area contributed by atoms with Gasteiger partial charge in [0.15, 0.2) is 0 Å². The number of carbonyl (C=O) groups excluding carboxylic acids is 1. The van der Waals surface area contributed by atoms with Gasteiger partial charge < -0.3 is 11.1 Å². The number of nitriles is 1. The molecule has 4 nitrogen and oxygen atoms in total. The average molecular weight is 224 g/mol. The number of carbonyl (C=O) groups is 1. The molecule has 0 heterocycles. The zero-order valence-corrected chi connectivity index (χ0v) is 8.88. The van der Waals surface area contributed by atoms with Gasteiger partial charge in [-0.25, -0.2) is 0 Å². The van der Waals surface area contributed by atoms with Gasteiger partial charge in [0.2, 0.25) is 5.91 Å². The number of nitrogens with zero attached hydrogens (tertiary/aromatic N) is 1. The van der Waals surface area contributed by atoms with E-state index in [1.54, 1.807) is 19.1 Å². The highest BCUT2D eigenvalue weighted by Crippen LogP contribution is 2.22. The van der Waals surface area contributed by atoms with E-state index in [1.807, 2.05) is 6.07 Å². The zero-order chi connectivity index (χ0) is 11.4. The average Bonchev–Trinajstić information content (AvgIpc) is 2.21. The maximum absolute atomic E-state index is 11.3. The lowest BCUT2D eigenvalue weighted by Gasteiger charge is -2.09. The second-order valence-electron chi connectivity index (χ2n) is 3.08. The number of rotatable bonds is 2. The summed E-state index contributed by atoms with van der Waals surface area (Å²) in [5, 5.41) is 11.6. The summed E-state index contributed by atoms with van der Waals surface area (Å²) in [4.78, 5) is 11.3. The van der Waals surface area contributed by atoms with Crippen molar-refractivity contribution in [3.8, 4) is 6.07 Å². The van der Waals surface area contributed by atoms with E-state index in [2.05, 4.69) is 5.32 Å². The molecule has 0 bridgehead atoms. The SMILES string of the molecule is CC(N)C(=O)Nc1cc(C#N)ccc1Cl. The molecule has 0 aliphatic rings. The van der Waals surface area contributed by atoms with Crippen LogP contribution in [0.2, 0.25) is 5.02 Å². The molecule has 1 aromatic carbocycles. The van der Waals surface area contributed by atoms with Gasteiger partial charge in [0.05, 0.1) is 28.4 Å². The van der Waals surface area contributed by atoms with Gasteiger partial charge in [-0.3, -0.25) is 4.79 Å². The molecule has 3 N–H and O–H groups in total. The number of nitrogens with two attached hydrogens (primary N) is 1. The molecular formula is C10H10ClN3O. The molecule has 1 atom stereocenters. The topological polar surface area (TPSA) is 78.9 Å². The molecule has 1 amide bonds. The van der Waals surface area contributed by atoms with Crippen LogP contribution >= 0.6 is 11.6 Å². The molecule has 0 aliphatic heterocycles. The smallest absolute Gasteiger partial charge is 0.241 e. The fourth-order valence-electron chi connectivity index (χ4n) is 0.937. The summed E-state index contributed by atoms with van der Waals surface area (Å²) in [5.41, 5.74) is 6.22. The van der Waals surface area contributed by atoms with E-state index < -0.39 is 6.04 Å². The molecule has 78 valence electrons. The maximum Gasteiger partial charge on any atom is 0.241 e. The number of hydrogen-bond acceptors (Lipinski definition) is 3. The number of amides is 1. The van der Waals surface area contributed by atoms with Crippen LogP contribution in [0.4, 0.5) is 5.69 Å². The van der Waals surface area contributed by atoms with E-state index in [1.165, 1.54) is 6.07 Å². The van der Waals surface area contributed by atoms with Gasteiger partial charge in [0, 0.05) is 0 Å². The van der Waals surface area contributed by atoms with Gasteiger partial charge in [0.25, 0.3) is 0 Å². The summed E-state index contributed by atoms with van der Waals surface area (Å²) in [6.45, 7) is 1.57. The summed E-state index contributed by atoms with van der Waals surface area (Å²) in [7, 11) is 0. The van der Waals surface area contributed by atoms with Crippen molar-refractivity contribution in [3.63, 3.8) is 0 Å². The summed E-state index contributed by atoms with van der Waals surface area (Å²) in [6, 6.07) is 5.97. The van der Waals surface area contributed by atoms with Crippen LogP contribution in [0.5, 0.6) is 0 Å². The first kappa shape index (κ1) is 11.5.